The quantitative estimate of drug-likeness (QED) is 0.600. The average molecular weight is 240 g/mol. The molecule has 16 heavy (non-hydrogen) atoms. The standard InChI is InChI=1S/C13H18ClNO/c1-11(10-14)13(16)15-9-5-8-12-6-3-2-4-7-12/h2-4,6-7,11H,5,8-10H2,1H3,(H,15,16). The van der Waals surface area contributed by atoms with Crippen molar-refractivity contribution in [1.29, 1.82) is 0 Å². The zero-order chi connectivity index (χ0) is 11.8. The lowest BCUT2D eigenvalue weighted by molar-refractivity contribution is -0.123. The Hall–Kier alpha value is -1.02. The van der Waals surface area contributed by atoms with E-state index in [9.17, 15) is 4.79 Å². The second-order valence-corrected chi connectivity index (χ2v) is 4.24. The molecule has 0 heterocycles. The fraction of sp³-hybridized carbons (Fsp3) is 0.462. The van der Waals surface area contributed by atoms with Gasteiger partial charge in [0.05, 0.1) is 0 Å². The Labute approximate surface area is 102 Å². The highest BCUT2D eigenvalue weighted by Gasteiger charge is 2.09. The molecule has 0 aliphatic rings. The lowest BCUT2D eigenvalue weighted by Crippen LogP contribution is -2.30. The van der Waals surface area contributed by atoms with Crippen molar-refractivity contribution in [1.82, 2.24) is 5.32 Å². The molecule has 1 N–H and O–H groups in total. The number of aryl methyl sites for hydroxylation is 1. The highest BCUT2D eigenvalue weighted by atomic mass is 35.5. The van der Waals surface area contributed by atoms with Crippen LogP contribution in [0.1, 0.15) is 18.9 Å². The zero-order valence-corrected chi connectivity index (χ0v) is 10.3. The van der Waals surface area contributed by atoms with Crippen LogP contribution in [0.15, 0.2) is 30.3 Å². The van der Waals surface area contributed by atoms with Crippen LogP contribution in [0.4, 0.5) is 0 Å². The number of hydrogen-bond acceptors (Lipinski definition) is 1. The van der Waals surface area contributed by atoms with Crippen molar-refractivity contribution in [3.8, 4) is 0 Å². The summed E-state index contributed by atoms with van der Waals surface area (Å²) < 4.78 is 0. The van der Waals surface area contributed by atoms with E-state index in [1.54, 1.807) is 0 Å². The Kier molecular flexibility index (Phi) is 5.94. The van der Waals surface area contributed by atoms with Gasteiger partial charge in [0.25, 0.3) is 0 Å². The number of rotatable bonds is 6. The second kappa shape index (κ2) is 7.29. The largest absolute Gasteiger partial charge is 0.356 e. The first-order chi connectivity index (χ1) is 7.74. The van der Waals surface area contributed by atoms with Gasteiger partial charge in [0.15, 0.2) is 0 Å². The van der Waals surface area contributed by atoms with Gasteiger partial charge < -0.3 is 5.32 Å². The summed E-state index contributed by atoms with van der Waals surface area (Å²) in [4.78, 5) is 11.4. The van der Waals surface area contributed by atoms with Crippen molar-refractivity contribution in [2.75, 3.05) is 12.4 Å². The van der Waals surface area contributed by atoms with Gasteiger partial charge in [-0.3, -0.25) is 4.79 Å². The van der Waals surface area contributed by atoms with Crippen LogP contribution in [0, 0.1) is 5.92 Å². The van der Waals surface area contributed by atoms with Crippen LogP contribution in [0.25, 0.3) is 0 Å². The second-order valence-electron chi connectivity index (χ2n) is 3.94. The Bertz CT molecular complexity index is 313. The fourth-order valence-corrected chi connectivity index (χ4v) is 1.53. The molecule has 0 radical (unpaired) electrons. The number of nitrogens with one attached hydrogen (secondary N) is 1. The molecule has 0 saturated carbocycles. The molecule has 1 atom stereocenters. The number of carbonyl (C=O) groups is 1. The predicted octanol–water partition coefficient (Wildman–Crippen LogP) is 2.61. The molecule has 1 amide bonds. The molecule has 1 rings (SSSR count). The molecule has 0 saturated heterocycles. The van der Waals surface area contributed by atoms with E-state index in [0.717, 1.165) is 19.4 Å². The van der Waals surface area contributed by atoms with Crippen LogP contribution in [0.3, 0.4) is 0 Å². The molecule has 3 heteroatoms. The van der Waals surface area contributed by atoms with E-state index in [0.29, 0.717) is 5.88 Å². The molecule has 2 nitrogen and oxygen atoms in total. The first kappa shape index (κ1) is 13.0. The summed E-state index contributed by atoms with van der Waals surface area (Å²) >= 11 is 5.59. The normalized spacial score (nSPS) is 12.1. The number of amides is 1. The van der Waals surface area contributed by atoms with E-state index in [1.165, 1.54) is 5.56 Å². The number of benzene rings is 1. The van der Waals surface area contributed by atoms with Gasteiger partial charge in [-0.2, -0.15) is 0 Å². The van der Waals surface area contributed by atoms with Crippen LogP contribution < -0.4 is 5.32 Å². The SMILES string of the molecule is CC(CCl)C(=O)NCCCc1ccccc1. The minimum Gasteiger partial charge on any atom is -0.356 e. The maximum absolute atomic E-state index is 11.4. The van der Waals surface area contributed by atoms with Crippen molar-refractivity contribution in [3.63, 3.8) is 0 Å². The van der Waals surface area contributed by atoms with Gasteiger partial charge in [-0.25, -0.2) is 0 Å². The highest BCUT2D eigenvalue weighted by Crippen LogP contribution is 2.02. The van der Waals surface area contributed by atoms with Gasteiger partial charge in [-0.05, 0) is 18.4 Å². The molecule has 1 aromatic rings. The Balaban J connectivity index is 2.15. The van der Waals surface area contributed by atoms with E-state index >= 15 is 0 Å². The monoisotopic (exact) mass is 239 g/mol. The third-order valence-electron chi connectivity index (χ3n) is 2.46. The summed E-state index contributed by atoms with van der Waals surface area (Å²) in [7, 11) is 0. The fourth-order valence-electron chi connectivity index (χ4n) is 1.39. The number of carbonyl (C=O) groups excluding carboxylic acids is 1. The Morgan fingerprint density at radius 3 is 2.69 bits per heavy atom. The lowest BCUT2D eigenvalue weighted by atomic mass is 10.1. The van der Waals surface area contributed by atoms with E-state index in [-0.39, 0.29) is 11.8 Å². The van der Waals surface area contributed by atoms with Gasteiger partial charge in [-0.1, -0.05) is 37.3 Å². The summed E-state index contributed by atoms with van der Waals surface area (Å²) in [6, 6.07) is 10.3. The first-order valence-electron chi connectivity index (χ1n) is 5.61. The first-order valence-corrected chi connectivity index (χ1v) is 6.15. The predicted molar refractivity (Wildman–Crippen MR) is 67.7 cm³/mol. The Morgan fingerprint density at radius 1 is 1.38 bits per heavy atom. The number of halogens is 1. The van der Waals surface area contributed by atoms with Gasteiger partial charge in [-0.15, -0.1) is 11.6 Å². The van der Waals surface area contributed by atoms with Gasteiger partial charge in [0.2, 0.25) is 5.91 Å². The van der Waals surface area contributed by atoms with Crippen molar-refractivity contribution < 1.29 is 4.79 Å². The topological polar surface area (TPSA) is 29.1 Å². The van der Waals surface area contributed by atoms with E-state index in [2.05, 4.69) is 17.4 Å². The molecule has 0 aliphatic heterocycles. The van der Waals surface area contributed by atoms with Crippen LogP contribution >= 0.6 is 11.6 Å². The summed E-state index contributed by atoms with van der Waals surface area (Å²) in [5.74, 6) is 0.325. The Morgan fingerprint density at radius 2 is 2.06 bits per heavy atom. The van der Waals surface area contributed by atoms with E-state index in [4.69, 9.17) is 11.6 Å². The number of alkyl halides is 1. The minimum atomic E-state index is -0.0987. The van der Waals surface area contributed by atoms with Crippen molar-refractivity contribution >= 4 is 17.5 Å². The van der Waals surface area contributed by atoms with Gasteiger partial charge >= 0.3 is 0 Å². The van der Waals surface area contributed by atoms with Crippen LogP contribution in [-0.2, 0) is 11.2 Å². The van der Waals surface area contributed by atoms with Crippen LogP contribution in [0.2, 0.25) is 0 Å². The summed E-state index contributed by atoms with van der Waals surface area (Å²) in [5, 5.41) is 2.88. The van der Waals surface area contributed by atoms with Gasteiger partial charge in [0, 0.05) is 18.3 Å². The summed E-state index contributed by atoms with van der Waals surface area (Å²) in [5.41, 5.74) is 1.31. The molecule has 0 aliphatic carbocycles. The van der Waals surface area contributed by atoms with Crippen LogP contribution in [-0.4, -0.2) is 18.3 Å². The lowest BCUT2D eigenvalue weighted by Gasteiger charge is -2.08. The zero-order valence-electron chi connectivity index (χ0n) is 9.58. The van der Waals surface area contributed by atoms with Crippen molar-refractivity contribution in [2.45, 2.75) is 19.8 Å². The van der Waals surface area contributed by atoms with E-state index in [1.807, 2.05) is 25.1 Å². The summed E-state index contributed by atoms with van der Waals surface area (Å²) in [6.45, 7) is 2.55. The molecular formula is C13H18ClNO. The van der Waals surface area contributed by atoms with Gasteiger partial charge in [0.1, 0.15) is 0 Å². The minimum absolute atomic E-state index is 0.0445. The molecule has 1 unspecified atom stereocenters. The third kappa shape index (κ3) is 4.67. The van der Waals surface area contributed by atoms with E-state index < -0.39 is 0 Å². The summed E-state index contributed by atoms with van der Waals surface area (Å²) in [6.07, 6.45) is 1.96. The maximum atomic E-state index is 11.4. The van der Waals surface area contributed by atoms with Crippen molar-refractivity contribution in [2.24, 2.45) is 5.92 Å². The molecule has 0 aromatic heterocycles. The third-order valence-corrected chi connectivity index (χ3v) is 2.93. The van der Waals surface area contributed by atoms with Crippen molar-refractivity contribution in [3.05, 3.63) is 35.9 Å². The molecule has 1 aromatic carbocycles. The molecule has 0 fully saturated rings. The van der Waals surface area contributed by atoms with Crippen LogP contribution in [0.5, 0.6) is 0 Å². The average Bonchev–Trinajstić information content (AvgIpc) is 2.34. The molecule has 0 bridgehead atoms. The highest BCUT2D eigenvalue weighted by molar-refractivity contribution is 6.19. The molecule has 0 spiro atoms. The molecular weight excluding hydrogens is 222 g/mol. The maximum Gasteiger partial charge on any atom is 0.224 e. The molecule has 88 valence electrons. The number of hydrogen-bond donors (Lipinski definition) is 1. The smallest absolute Gasteiger partial charge is 0.224 e.